The molecule has 0 aliphatic carbocycles. The molecule has 1 saturated heterocycles. The SMILES string of the molecule is Cc1cc(Nc2ncc(C#N)s2)nc(N2CCC[C@H]2c2cc(-c3ccccn3)no2)n1. The highest BCUT2D eigenvalue weighted by Gasteiger charge is 2.32. The summed E-state index contributed by atoms with van der Waals surface area (Å²) in [5.41, 5.74) is 2.33. The largest absolute Gasteiger partial charge is 0.358 e. The summed E-state index contributed by atoms with van der Waals surface area (Å²) in [4.78, 5) is 20.6. The Labute approximate surface area is 182 Å². The van der Waals surface area contributed by atoms with Crippen molar-refractivity contribution in [3.05, 3.63) is 59.1 Å². The van der Waals surface area contributed by atoms with E-state index in [4.69, 9.17) is 14.8 Å². The van der Waals surface area contributed by atoms with Gasteiger partial charge in [0.15, 0.2) is 10.9 Å². The van der Waals surface area contributed by atoms with Crippen molar-refractivity contribution in [2.24, 2.45) is 0 Å². The number of hydrogen-bond acceptors (Lipinski definition) is 10. The number of anilines is 3. The molecule has 1 aliphatic heterocycles. The monoisotopic (exact) mass is 430 g/mol. The van der Waals surface area contributed by atoms with Gasteiger partial charge in [0.1, 0.15) is 22.5 Å². The van der Waals surface area contributed by atoms with E-state index in [1.165, 1.54) is 11.3 Å². The maximum atomic E-state index is 9.00. The molecule has 1 N–H and O–H groups in total. The molecule has 154 valence electrons. The number of nitrogens with one attached hydrogen (secondary N) is 1. The Morgan fingerprint density at radius 2 is 2.16 bits per heavy atom. The fraction of sp³-hybridized carbons (Fsp3) is 0.238. The van der Waals surface area contributed by atoms with E-state index in [1.54, 1.807) is 12.4 Å². The molecule has 1 atom stereocenters. The molecule has 0 saturated carbocycles. The second-order valence-corrected chi connectivity index (χ2v) is 8.17. The van der Waals surface area contributed by atoms with Gasteiger partial charge >= 0.3 is 0 Å². The van der Waals surface area contributed by atoms with Gasteiger partial charge in [-0.3, -0.25) is 4.98 Å². The van der Waals surface area contributed by atoms with Crippen molar-refractivity contribution in [2.45, 2.75) is 25.8 Å². The molecular formula is C21H18N8OS. The highest BCUT2D eigenvalue weighted by Crippen LogP contribution is 2.36. The number of nitriles is 1. The highest BCUT2D eigenvalue weighted by atomic mass is 32.1. The predicted molar refractivity (Wildman–Crippen MR) is 116 cm³/mol. The van der Waals surface area contributed by atoms with Crippen molar-refractivity contribution < 1.29 is 4.52 Å². The molecule has 4 aromatic heterocycles. The fourth-order valence-electron chi connectivity index (χ4n) is 3.62. The van der Waals surface area contributed by atoms with Gasteiger partial charge in [-0.05, 0) is 31.9 Å². The van der Waals surface area contributed by atoms with Crippen LogP contribution in [-0.4, -0.2) is 31.6 Å². The van der Waals surface area contributed by atoms with Crippen molar-refractivity contribution in [1.29, 1.82) is 5.26 Å². The van der Waals surface area contributed by atoms with Crippen LogP contribution in [0, 0.1) is 18.3 Å². The Hall–Kier alpha value is -3.84. The zero-order valence-corrected chi connectivity index (χ0v) is 17.5. The van der Waals surface area contributed by atoms with E-state index in [-0.39, 0.29) is 6.04 Å². The van der Waals surface area contributed by atoms with Crippen LogP contribution in [0.5, 0.6) is 0 Å². The van der Waals surface area contributed by atoms with Gasteiger partial charge in [-0.2, -0.15) is 10.2 Å². The number of aromatic nitrogens is 5. The topological polar surface area (TPSA) is 117 Å². The zero-order chi connectivity index (χ0) is 21.2. The Kier molecular flexibility index (Phi) is 5.01. The maximum Gasteiger partial charge on any atom is 0.228 e. The molecular weight excluding hydrogens is 412 g/mol. The standard InChI is InChI=1S/C21H18N8OS/c1-13-9-19(27-21-24-12-14(11-22)31-21)26-20(25-13)29-8-4-6-17(29)18-10-16(28-30-18)15-5-2-3-7-23-15/h2-3,5,7,9-10,12,17H,4,6,8H2,1H3,(H,24,25,26,27)/t17-/m0/s1. The van der Waals surface area contributed by atoms with E-state index >= 15 is 0 Å². The summed E-state index contributed by atoms with van der Waals surface area (Å²) in [5, 5.41) is 17.0. The number of aryl methyl sites for hydroxylation is 1. The first-order valence-corrected chi connectivity index (χ1v) is 10.6. The number of pyridine rings is 1. The minimum absolute atomic E-state index is 0.00432. The summed E-state index contributed by atoms with van der Waals surface area (Å²) in [6.07, 6.45) is 5.21. The quantitative estimate of drug-likeness (QED) is 0.496. The number of hydrogen-bond donors (Lipinski definition) is 1. The van der Waals surface area contributed by atoms with Gasteiger partial charge < -0.3 is 14.7 Å². The lowest BCUT2D eigenvalue weighted by Gasteiger charge is -2.23. The van der Waals surface area contributed by atoms with Gasteiger partial charge in [0, 0.05) is 30.6 Å². The van der Waals surface area contributed by atoms with Crippen molar-refractivity contribution in [1.82, 2.24) is 25.1 Å². The number of nitrogens with zero attached hydrogens (tertiary/aromatic N) is 7. The van der Waals surface area contributed by atoms with E-state index in [9.17, 15) is 0 Å². The first-order chi connectivity index (χ1) is 15.2. The lowest BCUT2D eigenvalue weighted by molar-refractivity contribution is 0.362. The molecule has 0 spiro atoms. The predicted octanol–water partition coefficient (Wildman–Crippen LogP) is 4.25. The molecule has 0 bridgehead atoms. The number of thiazole rings is 1. The third kappa shape index (κ3) is 3.95. The zero-order valence-electron chi connectivity index (χ0n) is 16.7. The van der Waals surface area contributed by atoms with Gasteiger partial charge in [0.2, 0.25) is 5.95 Å². The van der Waals surface area contributed by atoms with Crippen LogP contribution < -0.4 is 10.2 Å². The van der Waals surface area contributed by atoms with E-state index in [1.807, 2.05) is 37.3 Å². The van der Waals surface area contributed by atoms with E-state index in [0.29, 0.717) is 27.5 Å². The van der Waals surface area contributed by atoms with Crippen molar-refractivity contribution in [2.75, 3.05) is 16.8 Å². The molecule has 9 nitrogen and oxygen atoms in total. The fourth-order valence-corrected chi connectivity index (χ4v) is 4.24. The van der Waals surface area contributed by atoms with Gasteiger partial charge in [-0.1, -0.05) is 22.6 Å². The van der Waals surface area contributed by atoms with Crippen LogP contribution in [0.25, 0.3) is 11.4 Å². The minimum atomic E-state index is 0.00432. The van der Waals surface area contributed by atoms with Gasteiger partial charge in [-0.25, -0.2) is 9.97 Å². The molecule has 5 heterocycles. The summed E-state index contributed by atoms with van der Waals surface area (Å²) >= 11 is 1.28. The van der Waals surface area contributed by atoms with E-state index in [2.05, 4.69) is 36.4 Å². The molecule has 4 aromatic rings. The molecule has 31 heavy (non-hydrogen) atoms. The average molecular weight is 430 g/mol. The van der Waals surface area contributed by atoms with Crippen molar-refractivity contribution in [3.8, 4) is 17.5 Å². The third-order valence-electron chi connectivity index (χ3n) is 4.99. The first kappa shape index (κ1) is 19.1. The Bertz CT molecular complexity index is 1250. The second kappa shape index (κ2) is 8.12. The molecule has 0 unspecified atom stereocenters. The minimum Gasteiger partial charge on any atom is -0.358 e. The van der Waals surface area contributed by atoms with E-state index < -0.39 is 0 Å². The Morgan fingerprint density at radius 1 is 1.23 bits per heavy atom. The van der Waals surface area contributed by atoms with Gasteiger partial charge in [-0.15, -0.1) is 0 Å². The van der Waals surface area contributed by atoms with Crippen LogP contribution in [0.15, 0.2) is 47.2 Å². The smallest absolute Gasteiger partial charge is 0.228 e. The van der Waals surface area contributed by atoms with Gasteiger partial charge in [0.25, 0.3) is 0 Å². The molecule has 0 amide bonds. The molecule has 5 rings (SSSR count). The van der Waals surface area contributed by atoms with Crippen LogP contribution in [-0.2, 0) is 0 Å². The van der Waals surface area contributed by atoms with Crippen molar-refractivity contribution >= 4 is 28.2 Å². The normalized spacial score (nSPS) is 15.7. The number of rotatable bonds is 5. The van der Waals surface area contributed by atoms with Crippen LogP contribution in [0.1, 0.15) is 35.2 Å². The summed E-state index contributed by atoms with van der Waals surface area (Å²) in [7, 11) is 0. The maximum absolute atomic E-state index is 9.00. The van der Waals surface area contributed by atoms with Crippen LogP contribution in [0.3, 0.4) is 0 Å². The highest BCUT2D eigenvalue weighted by molar-refractivity contribution is 7.16. The Morgan fingerprint density at radius 3 is 2.97 bits per heavy atom. The third-order valence-corrected chi connectivity index (χ3v) is 5.80. The van der Waals surface area contributed by atoms with Crippen LogP contribution >= 0.6 is 11.3 Å². The van der Waals surface area contributed by atoms with Crippen LogP contribution in [0.4, 0.5) is 16.9 Å². The molecule has 0 radical (unpaired) electrons. The summed E-state index contributed by atoms with van der Waals surface area (Å²) in [6, 6.07) is 11.6. The Balaban J connectivity index is 1.41. The summed E-state index contributed by atoms with van der Waals surface area (Å²) in [5.74, 6) is 2.04. The van der Waals surface area contributed by atoms with Crippen molar-refractivity contribution in [3.63, 3.8) is 0 Å². The lowest BCUT2D eigenvalue weighted by Crippen LogP contribution is -2.25. The summed E-state index contributed by atoms with van der Waals surface area (Å²) in [6.45, 7) is 2.75. The molecule has 10 heteroatoms. The second-order valence-electron chi connectivity index (χ2n) is 7.14. The van der Waals surface area contributed by atoms with Gasteiger partial charge in [0.05, 0.1) is 17.9 Å². The molecule has 1 aliphatic rings. The summed E-state index contributed by atoms with van der Waals surface area (Å²) < 4.78 is 5.68. The van der Waals surface area contributed by atoms with Crippen LogP contribution in [0.2, 0.25) is 0 Å². The molecule has 1 fully saturated rings. The first-order valence-electron chi connectivity index (χ1n) is 9.83. The lowest BCUT2D eigenvalue weighted by atomic mass is 10.1. The average Bonchev–Trinajstić information content (AvgIpc) is 3.54. The molecule has 0 aromatic carbocycles. The van der Waals surface area contributed by atoms with E-state index in [0.717, 1.165) is 36.5 Å².